The molecule has 0 spiro atoms. The SMILES string of the molecule is N#CCC1(N2CCC(C[C@@H]3CC3c3ccccc3)CC2)CN(C(=O)OC2CCOC2)C1. The third-order valence-electron chi connectivity index (χ3n) is 7.86. The number of nitrogens with zero attached hydrogens (tertiary/aromatic N) is 3. The molecule has 0 aromatic heterocycles. The summed E-state index contributed by atoms with van der Waals surface area (Å²) < 4.78 is 10.8. The van der Waals surface area contributed by atoms with Crippen LogP contribution >= 0.6 is 0 Å². The maximum Gasteiger partial charge on any atom is 0.410 e. The number of carbonyl (C=O) groups is 1. The molecule has 1 saturated carbocycles. The fourth-order valence-electron chi connectivity index (χ4n) is 5.87. The van der Waals surface area contributed by atoms with Gasteiger partial charge >= 0.3 is 6.09 Å². The lowest BCUT2D eigenvalue weighted by Crippen LogP contribution is -2.72. The van der Waals surface area contributed by atoms with Gasteiger partial charge in [-0.05, 0) is 62.1 Å². The van der Waals surface area contributed by atoms with Crippen molar-refractivity contribution in [2.24, 2.45) is 11.8 Å². The van der Waals surface area contributed by atoms with Gasteiger partial charge in [0.25, 0.3) is 0 Å². The molecular weight excluding hydrogens is 390 g/mol. The standard InChI is InChI=1S/C25H33N3O3/c26-10-9-25(17-27(18-25)24(29)31-22-8-13-30-16-22)28-11-6-19(7-12-28)14-21-15-23(21)20-4-2-1-3-5-20/h1-5,19,21-23H,6-9,11-18H2/t21-,22?,23?/m1/s1. The van der Waals surface area contributed by atoms with E-state index in [1.165, 1.54) is 31.2 Å². The van der Waals surface area contributed by atoms with Crippen LogP contribution in [0.5, 0.6) is 0 Å². The average Bonchev–Trinajstić information content (AvgIpc) is 3.34. The minimum Gasteiger partial charge on any atom is -0.444 e. The van der Waals surface area contributed by atoms with Crippen LogP contribution in [0.1, 0.15) is 50.0 Å². The van der Waals surface area contributed by atoms with E-state index >= 15 is 0 Å². The highest BCUT2D eigenvalue weighted by molar-refractivity contribution is 5.69. The van der Waals surface area contributed by atoms with Crippen LogP contribution in [-0.4, -0.2) is 66.9 Å². The van der Waals surface area contributed by atoms with Crippen molar-refractivity contribution in [1.29, 1.82) is 5.26 Å². The Bertz CT molecular complexity index is 803. The van der Waals surface area contributed by atoms with Crippen LogP contribution in [0.15, 0.2) is 30.3 Å². The van der Waals surface area contributed by atoms with E-state index in [0.29, 0.717) is 32.7 Å². The monoisotopic (exact) mass is 423 g/mol. The lowest BCUT2D eigenvalue weighted by Gasteiger charge is -2.56. The van der Waals surface area contributed by atoms with Gasteiger partial charge < -0.3 is 14.4 Å². The first kappa shape index (κ1) is 20.8. The smallest absolute Gasteiger partial charge is 0.410 e. The Balaban J connectivity index is 1.09. The Morgan fingerprint density at radius 3 is 2.65 bits per heavy atom. The van der Waals surface area contributed by atoms with E-state index in [2.05, 4.69) is 41.3 Å². The normalized spacial score (nSPS) is 30.4. The quantitative estimate of drug-likeness (QED) is 0.697. The molecule has 3 saturated heterocycles. The molecule has 4 aliphatic rings. The summed E-state index contributed by atoms with van der Waals surface area (Å²) in [6.07, 6.45) is 5.97. The van der Waals surface area contributed by atoms with Gasteiger partial charge in [0, 0.05) is 19.5 Å². The zero-order valence-electron chi connectivity index (χ0n) is 18.2. The number of nitriles is 1. The van der Waals surface area contributed by atoms with Gasteiger partial charge in [-0.2, -0.15) is 5.26 Å². The van der Waals surface area contributed by atoms with Crippen LogP contribution in [0.2, 0.25) is 0 Å². The van der Waals surface area contributed by atoms with E-state index < -0.39 is 0 Å². The van der Waals surface area contributed by atoms with Crippen molar-refractivity contribution in [3.05, 3.63) is 35.9 Å². The van der Waals surface area contributed by atoms with Crippen LogP contribution in [0, 0.1) is 23.2 Å². The number of amides is 1. The topological polar surface area (TPSA) is 65.8 Å². The highest BCUT2D eigenvalue weighted by Gasteiger charge is 2.51. The van der Waals surface area contributed by atoms with Crippen LogP contribution in [0.25, 0.3) is 0 Å². The Labute approximate surface area is 185 Å². The Morgan fingerprint density at radius 1 is 1.19 bits per heavy atom. The molecule has 2 unspecified atom stereocenters. The van der Waals surface area contributed by atoms with Gasteiger partial charge in [0.15, 0.2) is 0 Å². The Hall–Kier alpha value is -2.10. The lowest BCUT2D eigenvalue weighted by molar-refractivity contribution is -0.0661. The van der Waals surface area contributed by atoms with Crippen molar-refractivity contribution in [2.75, 3.05) is 39.4 Å². The Morgan fingerprint density at radius 2 is 1.97 bits per heavy atom. The summed E-state index contributed by atoms with van der Waals surface area (Å²) in [5.74, 6) is 2.40. The van der Waals surface area contributed by atoms with Gasteiger partial charge in [-0.1, -0.05) is 30.3 Å². The predicted molar refractivity (Wildman–Crippen MR) is 116 cm³/mol. The fourth-order valence-corrected chi connectivity index (χ4v) is 5.87. The second-order valence-corrected chi connectivity index (χ2v) is 9.96. The summed E-state index contributed by atoms with van der Waals surface area (Å²) in [5.41, 5.74) is 1.32. The highest BCUT2D eigenvalue weighted by Crippen LogP contribution is 2.52. The number of benzene rings is 1. The van der Waals surface area contributed by atoms with Crippen LogP contribution < -0.4 is 0 Å². The zero-order valence-corrected chi connectivity index (χ0v) is 18.2. The molecule has 166 valence electrons. The van der Waals surface area contributed by atoms with Gasteiger partial charge in [-0.25, -0.2) is 4.79 Å². The number of carbonyl (C=O) groups excluding carboxylic acids is 1. The summed E-state index contributed by atoms with van der Waals surface area (Å²) in [5, 5.41) is 9.44. The summed E-state index contributed by atoms with van der Waals surface area (Å²) in [4.78, 5) is 16.7. The molecular formula is C25H33N3O3. The largest absolute Gasteiger partial charge is 0.444 e. The second-order valence-electron chi connectivity index (χ2n) is 9.96. The van der Waals surface area contributed by atoms with Crippen molar-refractivity contribution < 1.29 is 14.3 Å². The third kappa shape index (κ3) is 4.44. The van der Waals surface area contributed by atoms with E-state index in [9.17, 15) is 10.1 Å². The molecule has 5 rings (SSSR count). The molecule has 0 radical (unpaired) electrons. The lowest BCUT2D eigenvalue weighted by atomic mass is 9.81. The third-order valence-corrected chi connectivity index (χ3v) is 7.86. The molecule has 1 aliphatic carbocycles. The minimum absolute atomic E-state index is 0.114. The van der Waals surface area contributed by atoms with E-state index in [-0.39, 0.29) is 17.7 Å². The average molecular weight is 424 g/mol. The molecule has 1 aromatic carbocycles. The first-order valence-electron chi connectivity index (χ1n) is 11.9. The molecule has 6 heteroatoms. The number of hydrogen-bond acceptors (Lipinski definition) is 5. The van der Waals surface area contributed by atoms with Crippen LogP contribution in [0.4, 0.5) is 4.79 Å². The van der Waals surface area contributed by atoms with Crippen molar-refractivity contribution in [2.45, 2.75) is 56.1 Å². The molecule has 31 heavy (non-hydrogen) atoms. The van der Waals surface area contributed by atoms with Crippen LogP contribution in [0.3, 0.4) is 0 Å². The number of likely N-dealkylation sites (tertiary alicyclic amines) is 2. The van der Waals surface area contributed by atoms with E-state index in [0.717, 1.165) is 37.3 Å². The summed E-state index contributed by atoms with van der Waals surface area (Å²) in [6, 6.07) is 13.3. The number of ether oxygens (including phenoxy) is 2. The van der Waals surface area contributed by atoms with E-state index in [1.807, 2.05) is 0 Å². The number of hydrogen-bond donors (Lipinski definition) is 0. The first-order valence-corrected chi connectivity index (χ1v) is 11.9. The van der Waals surface area contributed by atoms with Gasteiger partial charge in [-0.3, -0.25) is 4.90 Å². The van der Waals surface area contributed by atoms with Gasteiger partial charge in [0.1, 0.15) is 6.10 Å². The number of piperidine rings is 1. The summed E-state index contributed by atoms with van der Waals surface area (Å²) >= 11 is 0. The van der Waals surface area contributed by atoms with E-state index in [1.54, 1.807) is 4.90 Å². The Kier molecular flexibility index (Phi) is 5.90. The molecule has 1 amide bonds. The molecule has 3 heterocycles. The van der Waals surface area contributed by atoms with Gasteiger partial charge in [0.05, 0.1) is 31.2 Å². The zero-order chi connectivity index (χ0) is 21.3. The predicted octanol–water partition coefficient (Wildman–Crippen LogP) is 3.79. The molecule has 3 aliphatic heterocycles. The maximum atomic E-state index is 12.4. The summed E-state index contributed by atoms with van der Waals surface area (Å²) in [6.45, 7) is 4.45. The summed E-state index contributed by atoms with van der Waals surface area (Å²) in [7, 11) is 0. The molecule has 1 aromatic rings. The van der Waals surface area contributed by atoms with E-state index in [4.69, 9.17) is 9.47 Å². The highest BCUT2D eigenvalue weighted by atomic mass is 16.6. The first-order chi connectivity index (χ1) is 15.2. The fraction of sp³-hybridized carbons (Fsp3) is 0.680. The molecule has 0 N–H and O–H groups in total. The maximum absolute atomic E-state index is 12.4. The molecule has 6 nitrogen and oxygen atoms in total. The van der Waals surface area contributed by atoms with Gasteiger partial charge in [0.2, 0.25) is 0 Å². The van der Waals surface area contributed by atoms with Gasteiger partial charge in [-0.15, -0.1) is 0 Å². The van der Waals surface area contributed by atoms with Crippen LogP contribution in [-0.2, 0) is 9.47 Å². The van der Waals surface area contributed by atoms with Crippen molar-refractivity contribution in [3.63, 3.8) is 0 Å². The molecule has 3 atom stereocenters. The van der Waals surface area contributed by atoms with Crippen molar-refractivity contribution in [1.82, 2.24) is 9.80 Å². The second kappa shape index (κ2) is 8.80. The van der Waals surface area contributed by atoms with Crippen molar-refractivity contribution in [3.8, 4) is 6.07 Å². The number of rotatable bonds is 6. The molecule has 4 fully saturated rings. The molecule has 0 bridgehead atoms. The van der Waals surface area contributed by atoms with Crippen molar-refractivity contribution >= 4 is 6.09 Å². The minimum atomic E-state index is -0.250.